The molecule has 1 aromatic carbocycles. The third kappa shape index (κ3) is 3.20. The van der Waals surface area contributed by atoms with Gasteiger partial charge in [0.1, 0.15) is 5.60 Å². The second kappa shape index (κ2) is 5.29. The SMILES string of the molecule is CC(C)(C)OC(=O)n1ccc2cc(CBr)c(Br)cc21. The first kappa shape index (κ1) is 14.6. The van der Waals surface area contributed by atoms with E-state index in [0.717, 1.165) is 26.3 Å². The summed E-state index contributed by atoms with van der Waals surface area (Å²) >= 11 is 6.95. The number of hydrogen-bond donors (Lipinski definition) is 0. The highest BCUT2D eigenvalue weighted by Crippen LogP contribution is 2.27. The summed E-state index contributed by atoms with van der Waals surface area (Å²) < 4.78 is 7.89. The molecular formula is C14H15Br2NO2. The lowest BCUT2D eigenvalue weighted by Gasteiger charge is -2.19. The Balaban J connectivity index is 2.46. The van der Waals surface area contributed by atoms with Gasteiger partial charge in [0, 0.05) is 21.4 Å². The summed E-state index contributed by atoms with van der Waals surface area (Å²) in [6.45, 7) is 5.57. The number of aromatic nitrogens is 1. The molecule has 0 saturated heterocycles. The minimum Gasteiger partial charge on any atom is -0.443 e. The minimum atomic E-state index is -0.499. The highest BCUT2D eigenvalue weighted by molar-refractivity contribution is 9.10. The fourth-order valence-corrected chi connectivity index (χ4v) is 3.09. The first-order chi connectivity index (χ1) is 8.81. The molecule has 0 fully saturated rings. The molecule has 0 unspecified atom stereocenters. The van der Waals surface area contributed by atoms with E-state index >= 15 is 0 Å². The highest BCUT2D eigenvalue weighted by Gasteiger charge is 2.19. The van der Waals surface area contributed by atoms with Gasteiger partial charge in [0.05, 0.1) is 5.52 Å². The first-order valence-corrected chi connectivity index (χ1v) is 7.82. The quantitative estimate of drug-likeness (QED) is 0.637. The van der Waals surface area contributed by atoms with Crippen LogP contribution in [-0.4, -0.2) is 16.3 Å². The average molecular weight is 389 g/mol. The number of fused-ring (bicyclic) bond motifs is 1. The van der Waals surface area contributed by atoms with Gasteiger partial charge in [-0.05, 0) is 44.5 Å². The fraction of sp³-hybridized carbons (Fsp3) is 0.357. The Morgan fingerprint density at radius 1 is 1.37 bits per heavy atom. The molecule has 0 amide bonds. The number of carbonyl (C=O) groups is 1. The molecule has 19 heavy (non-hydrogen) atoms. The van der Waals surface area contributed by atoms with E-state index in [-0.39, 0.29) is 6.09 Å². The molecule has 5 heteroatoms. The normalized spacial score (nSPS) is 11.8. The summed E-state index contributed by atoms with van der Waals surface area (Å²) in [5, 5.41) is 1.78. The molecule has 0 bridgehead atoms. The number of nitrogens with zero attached hydrogens (tertiary/aromatic N) is 1. The number of halogens is 2. The Morgan fingerprint density at radius 2 is 2.05 bits per heavy atom. The van der Waals surface area contributed by atoms with Gasteiger partial charge >= 0.3 is 6.09 Å². The highest BCUT2D eigenvalue weighted by atomic mass is 79.9. The van der Waals surface area contributed by atoms with Crippen molar-refractivity contribution in [2.75, 3.05) is 0 Å². The van der Waals surface area contributed by atoms with E-state index in [2.05, 4.69) is 37.9 Å². The zero-order chi connectivity index (χ0) is 14.2. The van der Waals surface area contributed by atoms with Crippen LogP contribution in [0, 0.1) is 0 Å². The van der Waals surface area contributed by atoms with Crippen LogP contribution in [0.15, 0.2) is 28.9 Å². The van der Waals surface area contributed by atoms with E-state index in [1.807, 2.05) is 32.9 Å². The first-order valence-electron chi connectivity index (χ1n) is 5.90. The van der Waals surface area contributed by atoms with Crippen LogP contribution in [-0.2, 0) is 10.1 Å². The molecule has 0 spiro atoms. The van der Waals surface area contributed by atoms with Crippen molar-refractivity contribution in [3.8, 4) is 0 Å². The van der Waals surface area contributed by atoms with Crippen molar-refractivity contribution in [2.45, 2.75) is 31.7 Å². The lowest BCUT2D eigenvalue weighted by molar-refractivity contribution is 0.0544. The maximum atomic E-state index is 12.1. The fourth-order valence-electron chi connectivity index (χ4n) is 1.78. The second-order valence-corrected chi connectivity index (χ2v) is 6.72. The van der Waals surface area contributed by atoms with Crippen LogP contribution in [0.5, 0.6) is 0 Å². The third-order valence-corrected chi connectivity index (χ3v) is 3.93. The van der Waals surface area contributed by atoms with Crippen molar-refractivity contribution in [1.29, 1.82) is 0 Å². The molecule has 102 valence electrons. The molecule has 0 atom stereocenters. The number of benzene rings is 1. The van der Waals surface area contributed by atoms with E-state index in [1.165, 1.54) is 4.57 Å². The van der Waals surface area contributed by atoms with Crippen LogP contribution in [0.1, 0.15) is 26.3 Å². The number of carbonyl (C=O) groups excluding carboxylic acids is 1. The van der Waals surface area contributed by atoms with Crippen LogP contribution in [0.25, 0.3) is 10.9 Å². The molecular weight excluding hydrogens is 374 g/mol. The molecule has 1 aromatic heterocycles. The second-order valence-electron chi connectivity index (χ2n) is 5.30. The number of hydrogen-bond acceptors (Lipinski definition) is 2. The number of alkyl halides is 1. The summed E-state index contributed by atoms with van der Waals surface area (Å²) in [6.07, 6.45) is 1.38. The minimum absolute atomic E-state index is 0.360. The zero-order valence-corrected chi connectivity index (χ0v) is 14.2. The number of ether oxygens (including phenoxy) is 1. The topological polar surface area (TPSA) is 31.2 Å². The molecule has 0 radical (unpaired) electrons. The molecule has 0 aliphatic rings. The van der Waals surface area contributed by atoms with Crippen LogP contribution in [0.2, 0.25) is 0 Å². The zero-order valence-electron chi connectivity index (χ0n) is 11.0. The lowest BCUT2D eigenvalue weighted by Crippen LogP contribution is -2.26. The van der Waals surface area contributed by atoms with Gasteiger partial charge in [0.2, 0.25) is 0 Å². The Kier molecular flexibility index (Phi) is 4.06. The molecule has 2 rings (SSSR count). The number of rotatable bonds is 1. The molecule has 1 heterocycles. The molecule has 0 aliphatic carbocycles. The average Bonchev–Trinajstić information content (AvgIpc) is 2.68. The molecule has 2 aromatic rings. The van der Waals surface area contributed by atoms with Crippen LogP contribution < -0.4 is 0 Å². The van der Waals surface area contributed by atoms with Crippen molar-refractivity contribution in [2.24, 2.45) is 0 Å². The van der Waals surface area contributed by atoms with Crippen molar-refractivity contribution in [1.82, 2.24) is 4.57 Å². The maximum absolute atomic E-state index is 12.1. The Hall–Kier alpha value is -0.810. The van der Waals surface area contributed by atoms with E-state index in [0.29, 0.717) is 0 Å². The summed E-state index contributed by atoms with van der Waals surface area (Å²) in [5.41, 5.74) is 1.49. The van der Waals surface area contributed by atoms with E-state index in [9.17, 15) is 4.79 Å². The van der Waals surface area contributed by atoms with Gasteiger partial charge in [0.15, 0.2) is 0 Å². The van der Waals surface area contributed by atoms with Crippen LogP contribution >= 0.6 is 31.9 Å². The van der Waals surface area contributed by atoms with Gasteiger partial charge in [-0.25, -0.2) is 4.79 Å². The Morgan fingerprint density at radius 3 is 2.63 bits per heavy atom. The maximum Gasteiger partial charge on any atom is 0.418 e. The summed E-state index contributed by atoms with van der Waals surface area (Å²) in [5.74, 6) is 0. The summed E-state index contributed by atoms with van der Waals surface area (Å²) in [7, 11) is 0. The van der Waals surface area contributed by atoms with Crippen molar-refractivity contribution >= 4 is 48.9 Å². The van der Waals surface area contributed by atoms with Crippen molar-refractivity contribution in [3.63, 3.8) is 0 Å². The third-order valence-electron chi connectivity index (χ3n) is 2.59. The molecule has 0 N–H and O–H groups in total. The molecule has 3 nitrogen and oxygen atoms in total. The smallest absolute Gasteiger partial charge is 0.418 e. The van der Waals surface area contributed by atoms with Gasteiger partial charge in [-0.15, -0.1) is 0 Å². The van der Waals surface area contributed by atoms with Gasteiger partial charge in [0.25, 0.3) is 0 Å². The molecule has 0 saturated carbocycles. The van der Waals surface area contributed by atoms with E-state index < -0.39 is 5.60 Å². The molecule has 0 aliphatic heterocycles. The summed E-state index contributed by atoms with van der Waals surface area (Å²) in [6, 6.07) is 5.91. The Labute approximate surface area is 129 Å². The monoisotopic (exact) mass is 387 g/mol. The van der Waals surface area contributed by atoms with Gasteiger partial charge in [-0.1, -0.05) is 31.9 Å². The van der Waals surface area contributed by atoms with Gasteiger partial charge in [-0.2, -0.15) is 0 Å². The van der Waals surface area contributed by atoms with Crippen LogP contribution in [0.3, 0.4) is 0 Å². The van der Waals surface area contributed by atoms with Gasteiger partial charge in [-0.3, -0.25) is 4.57 Å². The largest absolute Gasteiger partial charge is 0.443 e. The van der Waals surface area contributed by atoms with Crippen LogP contribution in [0.4, 0.5) is 4.79 Å². The predicted octanol–water partition coefficient (Wildman–Crippen LogP) is 5.08. The lowest BCUT2D eigenvalue weighted by atomic mass is 10.2. The van der Waals surface area contributed by atoms with E-state index in [1.54, 1.807) is 6.20 Å². The predicted molar refractivity (Wildman–Crippen MR) is 83.9 cm³/mol. The van der Waals surface area contributed by atoms with Crippen molar-refractivity contribution < 1.29 is 9.53 Å². The van der Waals surface area contributed by atoms with Crippen molar-refractivity contribution in [3.05, 3.63) is 34.4 Å². The van der Waals surface area contributed by atoms with Gasteiger partial charge < -0.3 is 4.74 Å². The standard InChI is InChI=1S/C14H15Br2NO2/c1-14(2,3)19-13(18)17-5-4-9-6-10(8-15)11(16)7-12(9)17/h4-7H,8H2,1-3H3. The summed E-state index contributed by atoms with van der Waals surface area (Å²) in [4.78, 5) is 12.1. The van der Waals surface area contributed by atoms with E-state index in [4.69, 9.17) is 4.74 Å². The Bertz CT molecular complexity index is 626.